The summed E-state index contributed by atoms with van der Waals surface area (Å²) in [6.45, 7) is 0.835. The number of ether oxygens (including phenoxy) is 1. The van der Waals surface area contributed by atoms with Gasteiger partial charge in [0.1, 0.15) is 5.75 Å². The fourth-order valence-electron chi connectivity index (χ4n) is 3.12. The molecule has 0 aliphatic heterocycles. The number of anilines is 2. The van der Waals surface area contributed by atoms with Crippen molar-refractivity contribution in [2.75, 3.05) is 31.8 Å². The lowest BCUT2D eigenvalue weighted by Crippen LogP contribution is -2.20. The van der Waals surface area contributed by atoms with Gasteiger partial charge in [0, 0.05) is 17.8 Å². The fraction of sp³-hybridized carbons (Fsp3) is 0.182. The maximum Gasteiger partial charge on any atom is 0.324 e. The Morgan fingerprint density at radius 1 is 1.06 bits per heavy atom. The molecule has 2 aromatic heterocycles. The summed E-state index contributed by atoms with van der Waals surface area (Å²) in [5, 5.41) is 12.5. The molecule has 2 heterocycles. The second-order valence-corrected chi connectivity index (χ2v) is 7.27. The van der Waals surface area contributed by atoms with Crippen LogP contribution in [-0.4, -0.2) is 52.3 Å². The minimum atomic E-state index is -0.400. The van der Waals surface area contributed by atoms with Crippen LogP contribution in [0.25, 0.3) is 22.4 Å². The third kappa shape index (κ3) is 4.78. The van der Waals surface area contributed by atoms with Gasteiger partial charge in [-0.1, -0.05) is 12.1 Å². The lowest BCUT2D eigenvalue weighted by atomic mass is 10.1. The molecule has 3 N–H and O–H groups in total. The van der Waals surface area contributed by atoms with Crippen molar-refractivity contribution in [1.82, 2.24) is 25.1 Å². The van der Waals surface area contributed by atoms with Crippen molar-refractivity contribution >= 4 is 28.7 Å². The van der Waals surface area contributed by atoms with Crippen molar-refractivity contribution in [2.45, 2.75) is 6.54 Å². The fourth-order valence-corrected chi connectivity index (χ4v) is 3.12. The predicted octanol–water partition coefficient (Wildman–Crippen LogP) is 3.73. The van der Waals surface area contributed by atoms with E-state index in [4.69, 9.17) is 4.74 Å². The van der Waals surface area contributed by atoms with E-state index in [1.807, 2.05) is 62.6 Å². The van der Waals surface area contributed by atoms with E-state index in [-0.39, 0.29) is 0 Å². The lowest BCUT2D eigenvalue weighted by molar-refractivity contribution is 0.262. The summed E-state index contributed by atoms with van der Waals surface area (Å²) in [7, 11) is 5.64. The van der Waals surface area contributed by atoms with E-state index in [2.05, 4.69) is 35.7 Å². The maximum atomic E-state index is 12.5. The molecule has 0 aliphatic carbocycles. The molecule has 0 saturated heterocycles. The molecular weight excluding hydrogens is 394 g/mol. The minimum absolute atomic E-state index is 0.375. The quantitative estimate of drug-likeness (QED) is 0.441. The number of urea groups is 1. The van der Waals surface area contributed by atoms with Crippen molar-refractivity contribution in [2.24, 2.45) is 0 Å². The summed E-state index contributed by atoms with van der Waals surface area (Å²) in [6.07, 6.45) is 1.64. The van der Waals surface area contributed by atoms with Gasteiger partial charge in [-0.05, 0) is 56.1 Å². The summed E-state index contributed by atoms with van der Waals surface area (Å²) in [4.78, 5) is 23.5. The van der Waals surface area contributed by atoms with Crippen LogP contribution < -0.4 is 15.4 Å². The lowest BCUT2D eigenvalue weighted by Gasteiger charge is -2.11. The molecule has 2 aromatic carbocycles. The first kappa shape index (κ1) is 20.3. The Morgan fingerprint density at radius 2 is 1.81 bits per heavy atom. The third-order valence-electron chi connectivity index (χ3n) is 4.60. The third-order valence-corrected chi connectivity index (χ3v) is 4.60. The zero-order chi connectivity index (χ0) is 21.8. The molecule has 9 nitrogen and oxygen atoms in total. The van der Waals surface area contributed by atoms with E-state index in [1.54, 1.807) is 13.3 Å². The second-order valence-electron chi connectivity index (χ2n) is 7.27. The van der Waals surface area contributed by atoms with Crippen LogP contribution in [0.4, 0.5) is 16.3 Å². The number of H-pyrrole nitrogens is 1. The average molecular weight is 417 g/mol. The molecule has 31 heavy (non-hydrogen) atoms. The van der Waals surface area contributed by atoms with E-state index in [0.717, 1.165) is 23.4 Å². The molecule has 0 spiro atoms. The summed E-state index contributed by atoms with van der Waals surface area (Å²) < 4.78 is 5.19. The topological polar surface area (TPSA) is 108 Å². The number of fused-ring (bicyclic) bond motifs is 1. The SMILES string of the molecule is COc1ccc(-c2cnc3n[nH]c(NC(=O)Nc4ccc(CN(C)C)cc4)c3n2)cc1. The first-order chi connectivity index (χ1) is 15.0. The van der Waals surface area contributed by atoms with Gasteiger partial charge >= 0.3 is 6.03 Å². The monoisotopic (exact) mass is 417 g/mol. The summed E-state index contributed by atoms with van der Waals surface area (Å²) in [5.74, 6) is 1.13. The Bertz CT molecular complexity index is 1180. The standard InChI is InChI=1S/C22H23N7O2/c1-29(2)13-14-4-8-16(9-5-14)24-22(30)26-21-19-20(27-28-21)23-12-18(25-19)15-6-10-17(31-3)11-7-15/h4-12H,13H2,1-3H3,(H3,23,24,26,27,28,30). The van der Waals surface area contributed by atoms with Gasteiger partial charge in [-0.15, -0.1) is 0 Å². The number of hydrogen-bond donors (Lipinski definition) is 3. The van der Waals surface area contributed by atoms with Gasteiger partial charge in [-0.2, -0.15) is 5.10 Å². The van der Waals surface area contributed by atoms with Crippen LogP contribution in [-0.2, 0) is 6.54 Å². The number of amides is 2. The zero-order valence-electron chi connectivity index (χ0n) is 17.5. The van der Waals surface area contributed by atoms with E-state index in [9.17, 15) is 4.79 Å². The van der Waals surface area contributed by atoms with Crippen LogP contribution in [0, 0.1) is 0 Å². The summed E-state index contributed by atoms with van der Waals surface area (Å²) in [5.41, 5.74) is 4.29. The Kier molecular flexibility index (Phi) is 5.76. The average Bonchev–Trinajstić information content (AvgIpc) is 3.16. The molecule has 0 unspecified atom stereocenters. The molecule has 0 aliphatic rings. The zero-order valence-corrected chi connectivity index (χ0v) is 17.5. The first-order valence-corrected chi connectivity index (χ1v) is 9.69. The van der Waals surface area contributed by atoms with Gasteiger partial charge in [0.05, 0.1) is 19.0 Å². The molecule has 0 atom stereocenters. The number of benzene rings is 2. The van der Waals surface area contributed by atoms with Crippen molar-refractivity contribution < 1.29 is 9.53 Å². The van der Waals surface area contributed by atoms with Crippen LogP contribution in [0.15, 0.2) is 54.7 Å². The molecule has 0 saturated carbocycles. The molecule has 2 amide bonds. The minimum Gasteiger partial charge on any atom is -0.497 e. The van der Waals surface area contributed by atoms with Crippen LogP contribution in [0.5, 0.6) is 5.75 Å². The Hall–Kier alpha value is -3.98. The summed E-state index contributed by atoms with van der Waals surface area (Å²) in [6, 6.07) is 14.8. The van der Waals surface area contributed by atoms with Gasteiger partial charge in [0.2, 0.25) is 5.65 Å². The van der Waals surface area contributed by atoms with E-state index < -0.39 is 6.03 Å². The normalized spacial score (nSPS) is 11.0. The number of carbonyl (C=O) groups is 1. The number of hydrogen-bond acceptors (Lipinski definition) is 6. The molecule has 4 rings (SSSR count). The highest BCUT2D eigenvalue weighted by atomic mass is 16.5. The number of aromatic nitrogens is 4. The Labute approximate surface area is 179 Å². The predicted molar refractivity (Wildman–Crippen MR) is 120 cm³/mol. The highest BCUT2D eigenvalue weighted by Gasteiger charge is 2.13. The largest absolute Gasteiger partial charge is 0.497 e. The number of carbonyl (C=O) groups excluding carboxylic acids is 1. The van der Waals surface area contributed by atoms with Crippen LogP contribution in [0.1, 0.15) is 5.56 Å². The van der Waals surface area contributed by atoms with Gasteiger partial charge in [0.15, 0.2) is 11.3 Å². The van der Waals surface area contributed by atoms with Crippen LogP contribution >= 0.6 is 0 Å². The van der Waals surface area contributed by atoms with Crippen molar-refractivity contribution in [1.29, 1.82) is 0 Å². The Morgan fingerprint density at radius 3 is 2.48 bits per heavy atom. The molecule has 0 bridgehead atoms. The molecule has 0 radical (unpaired) electrons. The summed E-state index contributed by atoms with van der Waals surface area (Å²) >= 11 is 0. The molecule has 4 aromatic rings. The van der Waals surface area contributed by atoms with E-state index in [1.165, 1.54) is 0 Å². The van der Waals surface area contributed by atoms with E-state index in [0.29, 0.717) is 28.4 Å². The van der Waals surface area contributed by atoms with Gasteiger partial charge in [-0.3, -0.25) is 10.4 Å². The smallest absolute Gasteiger partial charge is 0.324 e. The number of nitrogens with one attached hydrogen (secondary N) is 3. The van der Waals surface area contributed by atoms with Gasteiger partial charge < -0.3 is 15.0 Å². The van der Waals surface area contributed by atoms with Gasteiger partial charge in [0.25, 0.3) is 0 Å². The molecule has 9 heteroatoms. The maximum absolute atomic E-state index is 12.5. The van der Waals surface area contributed by atoms with Crippen LogP contribution in [0.3, 0.4) is 0 Å². The van der Waals surface area contributed by atoms with E-state index >= 15 is 0 Å². The number of methoxy groups -OCH3 is 1. The molecular formula is C22H23N7O2. The number of nitrogens with zero attached hydrogens (tertiary/aromatic N) is 4. The Balaban J connectivity index is 1.49. The van der Waals surface area contributed by atoms with Crippen molar-refractivity contribution in [3.63, 3.8) is 0 Å². The van der Waals surface area contributed by atoms with Gasteiger partial charge in [-0.25, -0.2) is 14.8 Å². The first-order valence-electron chi connectivity index (χ1n) is 9.69. The number of aromatic amines is 1. The van der Waals surface area contributed by atoms with Crippen molar-refractivity contribution in [3.8, 4) is 17.0 Å². The molecule has 0 fully saturated rings. The number of rotatable bonds is 6. The molecule has 158 valence electrons. The highest BCUT2D eigenvalue weighted by Crippen LogP contribution is 2.24. The van der Waals surface area contributed by atoms with Crippen LogP contribution in [0.2, 0.25) is 0 Å². The highest BCUT2D eigenvalue weighted by molar-refractivity contribution is 6.03. The van der Waals surface area contributed by atoms with Crippen molar-refractivity contribution in [3.05, 3.63) is 60.3 Å². The second kappa shape index (κ2) is 8.80.